The van der Waals surface area contributed by atoms with E-state index in [0.29, 0.717) is 5.92 Å². The van der Waals surface area contributed by atoms with Crippen LogP contribution in [0.4, 0.5) is 0 Å². The average Bonchev–Trinajstić information content (AvgIpc) is 2.25. The largest absolute Gasteiger partial charge is 0.330 e. The zero-order valence-electron chi connectivity index (χ0n) is 11.1. The fraction of sp³-hybridized carbons (Fsp3) is 0.600. The molecular weight excluding hydrogens is 194 g/mol. The van der Waals surface area contributed by atoms with E-state index in [-0.39, 0.29) is 5.41 Å². The Kier molecular flexibility index (Phi) is 4.55. The van der Waals surface area contributed by atoms with Crippen molar-refractivity contribution in [2.24, 2.45) is 5.73 Å². The van der Waals surface area contributed by atoms with Crippen LogP contribution in [-0.4, -0.2) is 6.54 Å². The summed E-state index contributed by atoms with van der Waals surface area (Å²) in [5.41, 5.74) is 8.72. The normalized spacial score (nSPS) is 13.8. The zero-order valence-corrected chi connectivity index (χ0v) is 11.1. The number of benzene rings is 1. The first-order valence-electron chi connectivity index (χ1n) is 6.29. The third-order valence-corrected chi connectivity index (χ3v) is 3.26. The lowest BCUT2D eigenvalue weighted by atomic mass is 9.85. The Bertz CT molecular complexity index is 305. The van der Waals surface area contributed by atoms with E-state index >= 15 is 0 Å². The molecule has 0 aliphatic carbocycles. The van der Waals surface area contributed by atoms with E-state index in [0.717, 1.165) is 13.0 Å². The van der Waals surface area contributed by atoms with Crippen LogP contribution in [0.2, 0.25) is 0 Å². The fourth-order valence-corrected chi connectivity index (χ4v) is 2.06. The van der Waals surface area contributed by atoms with Gasteiger partial charge in [0, 0.05) is 0 Å². The van der Waals surface area contributed by atoms with Crippen LogP contribution in [0, 0.1) is 0 Å². The summed E-state index contributed by atoms with van der Waals surface area (Å²) in [6.07, 6.45) is 2.26. The molecule has 0 amide bonds. The van der Waals surface area contributed by atoms with Gasteiger partial charge in [0.05, 0.1) is 0 Å². The number of hydrogen-bond acceptors (Lipinski definition) is 1. The molecule has 0 saturated carbocycles. The highest BCUT2D eigenvalue weighted by molar-refractivity contribution is 5.29. The smallest absolute Gasteiger partial charge is 0.00714 e. The topological polar surface area (TPSA) is 26.0 Å². The predicted octanol–water partition coefficient (Wildman–Crippen LogP) is 3.83. The predicted molar refractivity (Wildman–Crippen MR) is 71.8 cm³/mol. The molecular formula is C15H25N. The lowest BCUT2D eigenvalue weighted by Crippen LogP contribution is -2.11. The maximum Gasteiger partial charge on any atom is -0.00714 e. The highest BCUT2D eigenvalue weighted by Gasteiger charge is 2.14. The van der Waals surface area contributed by atoms with E-state index in [4.69, 9.17) is 5.73 Å². The summed E-state index contributed by atoms with van der Waals surface area (Å²) in [7, 11) is 0. The molecule has 0 heterocycles. The number of nitrogens with two attached hydrogens (primary N) is 1. The molecule has 1 aromatic rings. The first-order valence-corrected chi connectivity index (χ1v) is 6.29. The SMILES string of the molecule is CCC(CCN)c1ccc(C(C)(C)C)cc1. The monoisotopic (exact) mass is 219 g/mol. The van der Waals surface area contributed by atoms with Crippen LogP contribution in [-0.2, 0) is 5.41 Å². The fourth-order valence-electron chi connectivity index (χ4n) is 2.06. The molecule has 0 fully saturated rings. The van der Waals surface area contributed by atoms with Crippen LogP contribution >= 0.6 is 0 Å². The third-order valence-electron chi connectivity index (χ3n) is 3.26. The summed E-state index contributed by atoms with van der Waals surface area (Å²) in [4.78, 5) is 0. The van der Waals surface area contributed by atoms with Crippen molar-refractivity contribution in [3.05, 3.63) is 35.4 Å². The molecule has 0 aliphatic heterocycles. The Labute approximate surface area is 100 Å². The molecule has 2 N–H and O–H groups in total. The van der Waals surface area contributed by atoms with Crippen LogP contribution in [0.3, 0.4) is 0 Å². The molecule has 90 valence electrons. The molecule has 1 nitrogen and oxygen atoms in total. The summed E-state index contributed by atoms with van der Waals surface area (Å²) in [6.45, 7) is 9.76. The van der Waals surface area contributed by atoms with Gasteiger partial charge in [0.2, 0.25) is 0 Å². The third kappa shape index (κ3) is 3.34. The van der Waals surface area contributed by atoms with Gasteiger partial charge < -0.3 is 5.73 Å². The number of rotatable bonds is 4. The number of hydrogen-bond donors (Lipinski definition) is 1. The Morgan fingerprint density at radius 2 is 1.69 bits per heavy atom. The molecule has 0 aromatic heterocycles. The Morgan fingerprint density at radius 3 is 2.06 bits per heavy atom. The zero-order chi connectivity index (χ0) is 12.2. The molecule has 0 aliphatic rings. The summed E-state index contributed by atoms with van der Waals surface area (Å²) in [5.74, 6) is 0.624. The van der Waals surface area contributed by atoms with Crippen molar-refractivity contribution in [3.63, 3.8) is 0 Å². The van der Waals surface area contributed by atoms with E-state index in [1.807, 2.05) is 0 Å². The first kappa shape index (κ1) is 13.2. The van der Waals surface area contributed by atoms with Gasteiger partial charge in [0.15, 0.2) is 0 Å². The second-order valence-corrected chi connectivity index (χ2v) is 5.55. The van der Waals surface area contributed by atoms with E-state index < -0.39 is 0 Å². The maximum atomic E-state index is 5.64. The van der Waals surface area contributed by atoms with Crippen molar-refractivity contribution in [1.29, 1.82) is 0 Å². The van der Waals surface area contributed by atoms with Gasteiger partial charge in [0.1, 0.15) is 0 Å². The molecule has 1 aromatic carbocycles. The van der Waals surface area contributed by atoms with Gasteiger partial charge in [-0.05, 0) is 41.8 Å². The maximum absolute atomic E-state index is 5.64. The molecule has 0 spiro atoms. The van der Waals surface area contributed by atoms with Crippen molar-refractivity contribution in [2.75, 3.05) is 6.54 Å². The van der Waals surface area contributed by atoms with Gasteiger partial charge >= 0.3 is 0 Å². The molecule has 1 heteroatoms. The molecule has 0 radical (unpaired) electrons. The van der Waals surface area contributed by atoms with Gasteiger partial charge in [-0.25, -0.2) is 0 Å². The standard InChI is InChI=1S/C15H25N/c1-5-12(10-11-16)13-6-8-14(9-7-13)15(2,3)4/h6-9,12H,5,10-11,16H2,1-4H3. The quantitative estimate of drug-likeness (QED) is 0.818. The van der Waals surface area contributed by atoms with Crippen LogP contribution < -0.4 is 5.73 Å². The Balaban J connectivity index is 2.85. The Morgan fingerprint density at radius 1 is 1.12 bits per heavy atom. The van der Waals surface area contributed by atoms with Gasteiger partial charge in [-0.1, -0.05) is 52.0 Å². The highest BCUT2D eigenvalue weighted by Crippen LogP contribution is 2.27. The van der Waals surface area contributed by atoms with Crippen molar-refractivity contribution < 1.29 is 0 Å². The summed E-state index contributed by atoms with van der Waals surface area (Å²) in [6, 6.07) is 9.05. The van der Waals surface area contributed by atoms with Crippen LogP contribution in [0.25, 0.3) is 0 Å². The lowest BCUT2D eigenvalue weighted by molar-refractivity contribution is 0.586. The first-order chi connectivity index (χ1) is 7.49. The molecule has 16 heavy (non-hydrogen) atoms. The van der Waals surface area contributed by atoms with Crippen LogP contribution in [0.15, 0.2) is 24.3 Å². The summed E-state index contributed by atoms with van der Waals surface area (Å²) >= 11 is 0. The highest BCUT2D eigenvalue weighted by atomic mass is 14.5. The van der Waals surface area contributed by atoms with Crippen LogP contribution in [0.5, 0.6) is 0 Å². The molecule has 1 rings (SSSR count). The lowest BCUT2D eigenvalue weighted by Gasteiger charge is -2.21. The minimum absolute atomic E-state index is 0.244. The molecule has 0 saturated heterocycles. The van der Waals surface area contributed by atoms with Gasteiger partial charge in [-0.2, -0.15) is 0 Å². The van der Waals surface area contributed by atoms with Gasteiger partial charge in [0.25, 0.3) is 0 Å². The van der Waals surface area contributed by atoms with E-state index in [1.165, 1.54) is 17.5 Å². The molecule has 1 unspecified atom stereocenters. The molecule has 0 bridgehead atoms. The van der Waals surface area contributed by atoms with Crippen LogP contribution in [0.1, 0.15) is 57.6 Å². The van der Waals surface area contributed by atoms with E-state index in [9.17, 15) is 0 Å². The van der Waals surface area contributed by atoms with Crippen molar-refractivity contribution in [3.8, 4) is 0 Å². The van der Waals surface area contributed by atoms with Crippen molar-refractivity contribution in [1.82, 2.24) is 0 Å². The van der Waals surface area contributed by atoms with E-state index in [2.05, 4.69) is 52.0 Å². The summed E-state index contributed by atoms with van der Waals surface area (Å²) < 4.78 is 0. The van der Waals surface area contributed by atoms with Gasteiger partial charge in [-0.3, -0.25) is 0 Å². The van der Waals surface area contributed by atoms with Gasteiger partial charge in [-0.15, -0.1) is 0 Å². The summed E-state index contributed by atoms with van der Waals surface area (Å²) in [5, 5.41) is 0. The van der Waals surface area contributed by atoms with Crippen molar-refractivity contribution in [2.45, 2.75) is 51.9 Å². The second kappa shape index (κ2) is 5.49. The van der Waals surface area contributed by atoms with E-state index in [1.54, 1.807) is 0 Å². The second-order valence-electron chi connectivity index (χ2n) is 5.55. The average molecular weight is 219 g/mol. The minimum Gasteiger partial charge on any atom is -0.330 e. The van der Waals surface area contributed by atoms with Crippen molar-refractivity contribution >= 4 is 0 Å². The Hall–Kier alpha value is -0.820. The molecule has 1 atom stereocenters. The minimum atomic E-state index is 0.244.